The van der Waals surface area contributed by atoms with Gasteiger partial charge < -0.3 is 10.8 Å². The van der Waals surface area contributed by atoms with Crippen molar-refractivity contribution in [2.75, 3.05) is 5.73 Å². The molecule has 1 saturated carbocycles. The molecule has 0 bridgehead atoms. The number of hydrogen-bond donors (Lipinski definition) is 2. The first-order chi connectivity index (χ1) is 14.4. The molecule has 2 aliphatic carbocycles. The molecule has 3 N–H and O–H groups in total. The number of aromatic nitrogens is 2. The minimum atomic E-state index is -0.781. The van der Waals surface area contributed by atoms with E-state index in [1.54, 1.807) is 12.1 Å². The fourth-order valence-corrected chi connectivity index (χ4v) is 5.22. The minimum Gasteiger partial charge on any atom is -0.399 e. The normalized spacial score (nSPS) is 25.0. The summed E-state index contributed by atoms with van der Waals surface area (Å²) in [5.41, 5.74) is 11.1. The minimum absolute atomic E-state index is 0.259. The molecule has 0 aliphatic heterocycles. The van der Waals surface area contributed by atoms with Crippen LogP contribution in [0.1, 0.15) is 43.0 Å². The van der Waals surface area contributed by atoms with Gasteiger partial charge in [-0.05, 0) is 79.6 Å². The van der Waals surface area contributed by atoms with E-state index in [0.717, 1.165) is 53.9 Å². The largest absolute Gasteiger partial charge is 0.399 e. The molecular weight excluding hydrogens is 377 g/mol. The average molecular weight is 404 g/mol. The maximum absolute atomic E-state index is 13.3. The zero-order valence-corrected chi connectivity index (χ0v) is 17.1. The molecule has 0 radical (unpaired) electrons. The number of nitrogens with zero attached hydrogens (tertiary/aromatic N) is 2. The average Bonchev–Trinajstić information content (AvgIpc) is 3.24. The molecule has 2 aromatic carbocycles. The number of nitrogens with two attached hydrogens (primary N) is 1. The molecule has 1 aromatic heterocycles. The van der Waals surface area contributed by atoms with Crippen LogP contribution in [0, 0.1) is 11.2 Å². The summed E-state index contributed by atoms with van der Waals surface area (Å²) < 4.78 is 15.2. The van der Waals surface area contributed by atoms with Gasteiger partial charge in [0.15, 0.2) is 0 Å². The number of rotatable bonds is 4. The van der Waals surface area contributed by atoms with Crippen molar-refractivity contribution in [3.8, 4) is 5.69 Å². The van der Waals surface area contributed by atoms with E-state index in [2.05, 4.69) is 18.1 Å². The second-order valence-electron chi connectivity index (χ2n) is 8.85. The number of halogens is 1. The van der Waals surface area contributed by atoms with E-state index in [4.69, 9.17) is 5.73 Å². The Hall–Kier alpha value is -2.92. The van der Waals surface area contributed by atoms with E-state index in [1.807, 2.05) is 35.1 Å². The molecule has 5 heteroatoms. The Bertz CT molecular complexity index is 1130. The van der Waals surface area contributed by atoms with Gasteiger partial charge in [-0.25, -0.2) is 9.07 Å². The van der Waals surface area contributed by atoms with Crippen LogP contribution >= 0.6 is 0 Å². The van der Waals surface area contributed by atoms with Crippen LogP contribution in [0.5, 0.6) is 0 Å². The number of benzene rings is 2. The van der Waals surface area contributed by atoms with Crippen LogP contribution in [-0.4, -0.2) is 20.5 Å². The van der Waals surface area contributed by atoms with Crippen molar-refractivity contribution in [3.05, 3.63) is 82.9 Å². The summed E-state index contributed by atoms with van der Waals surface area (Å²) in [6.07, 6.45) is 7.86. The maximum Gasteiger partial charge on any atom is 0.123 e. The highest BCUT2D eigenvalue weighted by Gasteiger charge is 2.54. The number of hydrogen-bond acceptors (Lipinski definition) is 3. The van der Waals surface area contributed by atoms with Gasteiger partial charge in [-0.2, -0.15) is 5.10 Å². The maximum atomic E-state index is 13.3. The number of fused-ring (bicyclic) bond motifs is 2. The highest BCUT2D eigenvalue weighted by molar-refractivity contribution is 5.62. The zero-order chi connectivity index (χ0) is 20.9. The second kappa shape index (κ2) is 6.81. The van der Waals surface area contributed by atoms with Crippen LogP contribution in [-0.2, 0) is 12.8 Å². The molecule has 0 unspecified atom stereocenters. The predicted octanol–water partition coefficient (Wildman–Crippen LogP) is 4.70. The zero-order valence-electron chi connectivity index (χ0n) is 17.1. The van der Waals surface area contributed by atoms with Crippen molar-refractivity contribution in [2.45, 2.75) is 44.6 Å². The summed E-state index contributed by atoms with van der Waals surface area (Å²) in [6, 6.07) is 14.3. The Morgan fingerprint density at radius 2 is 1.93 bits per heavy atom. The monoisotopic (exact) mass is 403 g/mol. The lowest BCUT2D eigenvalue weighted by Crippen LogP contribution is -2.45. The topological polar surface area (TPSA) is 64.1 Å². The summed E-state index contributed by atoms with van der Waals surface area (Å²) in [7, 11) is 0. The Labute approximate surface area is 175 Å². The molecule has 3 aromatic rings. The molecule has 0 saturated heterocycles. The van der Waals surface area contributed by atoms with Crippen molar-refractivity contribution in [3.63, 3.8) is 0 Å². The van der Waals surface area contributed by atoms with Crippen LogP contribution in [0.3, 0.4) is 0 Å². The lowest BCUT2D eigenvalue weighted by molar-refractivity contribution is -0.0461. The van der Waals surface area contributed by atoms with Gasteiger partial charge in [0.05, 0.1) is 23.2 Å². The smallest absolute Gasteiger partial charge is 0.123 e. The quantitative estimate of drug-likeness (QED) is 0.621. The Kier molecular flexibility index (Phi) is 4.33. The lowest BCUT2D eigenvalue weighted by atomic mass is 9.65. The molecule has 1 heterocycles. The van der Waals surface area contributed by atoms with Crippen molar-refractivity contribution in [2.24, 2.45) is 5.41 Å². The molecule has 5 rings (SSSR count). The fourth-order valence-electron chi connectivity index (χ4n) is 5.22. The van der Waals surface area contributed by atoms with Gasteiger partial charge in [-0.15, -0.1) is 0 Å². The Morgan fingerprint density at radius 1 is 1.17 bits per heavy atom. The van der Waals surface area contributed by atoms with Crippen molar-refractivity contribution in [1.29, 1.82) is 0 Å². The van der Waals surface area contributed by atoms with Crippen molar-refractivity contribution >= 4 is 11.8 Å². The molecule has 2 atom stereocenters. The highest BCUT2D eigenvalue weighted by atomic mass is 19.1. The van der Waals surface area contributed by atoms with Gasteiger partial charge in [-0.3, -0.25) is 0 Å². The SMILES string of the molecule is C[C@]12Cc3cnn(-c4ccc(F)cc4)c3C=C1CC[C@@]2(O)CCc1ccccc1N. The van der Waals surface area contributed by atoms with Gasteiger partial charge in [0.1, 0.15) is 5.82 Å². The molecular formula is C25H26FN3O. The van der Waals surface area contributed by atoms with Gasteiger partial charge >= 0.3 is 0 Å². The van der Waals surface area contributed by atoms with Crippen LogP contribution < -0.4 is 5.73 Å². The van der Waals surface area contributed by atoms with Gasteiger partial charge in [0.2, 0.25) is 0 Å². The first kappa shape index (κ1) is 19.1. The summed E-state index contributed by atoms with van der Waals surface area (Å²) >= 11 is 0. The standard InChI is InChI=1S/C25H26FN3O/c1-24-15-18-16-28-29(21-8-6-20(26)7-9-21)23(18)14-19(24)11-13-25(24,30)12-10-17-4-2-3-5-22(17)27/h2-9,14,16,30H,10-13,15,27H2,1H3/t24-,25-/m0/s1. The van der Waals surface area contributed by atoms with Crippen LogP contribution in [0.4, 0.5) is 10.1 Å². The summed E-state index contributed by atoms with van der Waals surface area (Å²) in [6.45, 7) is 2.18. The molecule has 30 heavy (non-hydrogen) atoms. The predicted molar refractivity (Wildman–Crippen MR) is 117 cm³/mol. The van der Waals surface area contributed by atoms with Gasteiger partial charge in [0, 0.05) is 11.1 Å². The summed E-state index contributed by atoms with van der Waals surface area (Å²) in [5.74, 6) is -0.259. The number of anilines is 1. The molecule has 1 fully saturated rings. The summed E-state index contributed by atoms with van der Waals surface area (Å²) in [5, 5.41) is 16.3. The van der Waals surface area contributed by atoms with Crippen LogP contribution in [0.25, 0.3) is 11.8 Å². The van der Waals surface area contributed by atoms with E-state index in [9.17, 15) is 9.50 Å². The first-order valence-electron chi connectivity index (χ1n) is 10.5. The van der Waals surface area contributed by atoms with E-state index in [-0.39, 0.29) is 11.2 Å². The number of para-hydroxylation sites is 1. The van der Waals surface area contributed by atoms with Crippen molar-refractivity contribution in [1.82, 2.24) is 9.78 Å². The Balaban J connectivity index is 1.45. The molecule has 2 aliphatic rings. The third kappa shape index (κ3) is 2.88. The molecule has 0 spiro atoms. The van der Waals surface area contributed by atoms with Crippen LogP contribution in [0.15, 0.2) is 60.3 Å². The van der Waals surface area contributed by atoms with E-state index < -0.39 is 5.60 Å². The van der Waals surface area contributed by atoms with Gasteiger partial charge in [0.25, 0.3) is 0 Å². The third-order valence-electron chi connectivity index (χ3n) is 7.22. The molecule has 4 nitrogen and oxygen atoms in total. The fraction of sp³-hybridized carbons (Fsp3) is 0.320. The van der Waals surface area contributed by atoms with E-state index in [1.165, 1.54) is 17.7 Å². The number of aliphatic hydroxyl groups is 1. The molecule has 0 amide bonds. The third-order valence-corrected chi connectivity index (χ3v) is 7.22. The lowest BCUT2D eigenvalue weighted by Gasteiger charge is -2.42. The van der Waals surface area contributed by atoms with Gasteiger partial charge in [-0.1, -0.05) is 30.7 Å². The van der Waals surface area contributed by atoms with E-state index in [0.29, 0.717) is 6.42 Å². The number of nitrogen functional groups attached to an aromatic ring is 1. The summed E-state index contributed by atoms with van der Waals surface area (Å²) in [4.78, 5) is 0. The highest BCUT2D eigenvalue weighted by Crippen LogP contribution is 2.56. The molecule has 154 valence electrons. The van der Waals surface area contributed by atoms with Crippen LogP contribution in [0.2, 0.25) is 0 Å². The second-order valence-corrected chi connectivity index (χ2v) is 8.85. The van der Waals surface area contributed by atoms with E-state index >= 15 is 0 Å². The first-order valence-corrected chi connectivity index (χ1v) is 10.5. The number of aryl methyl sites for hydroxylation is 1. The van der Waals surface area contributed by atoms with Crippen molar-refractivity contribution < 1.29 is 9.50 Å². The Morgan fingerprint density at radius 3 is 2.70 bits per heavy atom.